The standard InChI is InChI=1S/C37H46FN3O7.C10H8N2O/c1-23(2)21-47-33-19-26(35(43)39-28-8-6-5-7-9-28)11-14-30(33)41-37(45)27-12-15-31(34(20-27)48-22-24(3)4)40-36(44)25-10-13-29(38)32(18-25)46-17-16-42;13-7-12-9-5-8-3-1-2-4-10(8)11-6-9/h10-15,18-20,23-24,28,42H,5-9,16-17,21-22H2,1-4H3,(H,39,43)(H,40,44)(H,41,45);1-7H,(H,12,13). The number of hydrogen-bond donors (Lipinski definition) is 5. The van der Waals surface area contributed by atoms with Crippen LogP contribution in [0.3, 0.4) is 0 Å². The Morgan fingerprint density at radius 1 is 0.738 bits per heavy atom. The molecule has 14 heteroatoms. The molecule has 61 heavy (non-hydrogen) atoms. The number of para-hydroxylation sites is 1. The van der Waals surface area contributed by atoms with Gasteiger partial charge in [-0.2, -0.15) is 0 Å². The molecule has 1 heterocycles. The van der Waals surface area contributed by atoms with Gasteiger partial charge < -0.3 is 40.6 Å². The Hall–Kier alpha value is -6.54. The molecule has 1 fully saturated rings. The summed E-state index contributed by atoms with van der Waals surface area (Å²) in [4.78, 5) is 54.0. The first kappa shape index (κ1) is 45.5. The number of anilines is 3. The predicted octanol–water partition coefficient (Wildman–Crippen LogP) is 8.64. The van der Waals surface area contributed by atoms with Gasteiger partial charge in [0.2, 0.25) is 6.41 Å². The maximum atomic E-state index is 14.1. The van der Waals surface area contributed by atoms with Crippen LogP contribution in [0.4, 0.5) is 21.5 Å². The zero-order chi connectivity index (χ0) is 43.7. The van der Waals surface area contributed by atoms with Crippen molar-refractivity contribution in [3.8, 4) is 17.2 Å². The number of rotatable bonds is 17. The first-order valence-corrected chi connectivity index (χ1v) is 20.5. The predicted molar refractivity (Wildman–Crippen MR) is 234 cm³/mol. The molecular formula is C47H54FN5O8. The first-order valence-electron chi connectivity index (χ1n) is 20.5. The second kappa shape index (κ2) is 22.7. The summed E-state index contributed by atoms with van der Waals surface area (Å²) >= 11 is 0. The van der Waals surface area contributed by atoms with Crippen LogP contribution in [0.25, 0.3) is 10.9 Å². The van der Waals surface area contributed by atoms with Crippen molar-refractivity contribution in [3.63, 3.8) is 0 Å². The third-order valence-corrected chi connectivity index (χ3v) is 9.43. The van der Waals surface area contributed by atoms with E-state index in [0.717, 1.165) is 42.7 Å². The summed E-state index contributed by atoms with van der Waals surface area (Å²) in [5, 5.41) is 21.4. The molecule has 1 aromatic heterocycles. The van der Waals surface area contributed by atoms with E-state index in [4.69, 9.17) is 19.3 Å². The molecule has 0 saturated heterocycles. The highest BCUT2D eigenvalue weighted by Crippen LogP contribution is 2.31. The molecule has 0 bridgehead atoms. The van der Waals surface area contributed by atoms with Crippen molar-refractivity contribution in [3.05, 3.63) is 114 Å². The number of halogens is 1. The first-order chi connectivity index (χ1) is 29.4. The number of hydrogen-bond acceptors (Lipinski definition) is 9. The number of carbonyl (C=O) groups excluding carboxylic acids is 4. The molecule has 322 valence electrons. The van der Waals surface area contributed by atoms with Gasteiger partial charge in [-0.1, -0.05) is 65.2 Å². The number of fused-ring (bicyclic) bond motifs is 1. The fraction of sp³-hybridized carbons (Fsp3) is 0.340. The lowest BCUT2D eigenvalue weighted by atomic mass is 9.95. The van der Waals surface area contributed by atoms with Gasteiger partial charge in [0.1, 0.15) is 18.1 Å². The third-order valence-electron chi connectivity index (χ3n) is 9.43. The molecule has 13 nitrogen and oxygen atoms in total. The van der Waals surface area contributed by atoms with Crippen molar-refractivity contribution < 1.29 is 42.9 Å². The molecule has 4 amide bonds. The molecular weight excluding hydrogens is 782 g/mol. The Labute approximate surface area is 355 Å². The number of benzene rings is 4. The van der Waals surface area contributed by atoms with Gasteiger partial charge in [0, 0.05) is 28.1 Å². The molecule has 1 aliphatic rings. The van der Waals surface area contributed by atoms with E-state index < -0.39 is 17.6 Å². The lowest BCUT2D eigenvalue weighted by Crippen LogP contribution is -2.36. The monoisotopic (exact) mass is 835 g/mol. The number of nitrogens with one attached hydrogen (secondary N) is 4. The van der Waals surface area contributed by atoms with Gasteiger partial charge >= 0.3 is 0 Å². The molecule has 5 aromatic rings. The van der Waals surface area contributed by atoms with E-state index in [1.807, 2.05) is 58.0 Å². The van der Waals surface area contributed by atoms with Crippen LogP contribution < -0.4 is 35.5 Å². The Morgan fingerprint density at radius 2 is 1.30 bits per heavy atom. The van der Waals surface area contributed by atoms with Crippen LogP contribution >= 0.6 is 0 Å². The van der Waals surface area contributed by atoms with Crippen molar-refractivity contribution >= 4 is 52.1 Å². The topological polar surface area (TPSA) is 177 Å². The number of ether oxygens (including phenoxy) is 3. The summed E-state index contributed by atoms with van der Waals surface area (Å²) < 4.78 is 31.3. The summed E-state index contributed by atoms with van der Waals surface area (Å²) in [6.07, 6.45) is 7.61. The van der Waals surface area contributed by atoms with Gasteiger partial charge in [0.05, 0.1) is 48.6 Å². The van der Waals surface area contributed by atoms with Crippen molar-refractivity contribution in [2.24, 2.45) is 11.8 Å². The quantitative estimate of drug-likeness (QED) is 0.0574. The highest BCUT2D eigenvalue weighted by atomic mass is 19.1. The van der Waals surface area contributed by atoms with Crippen molar-refractivity contribution in [1.29, 1.82) is 0 Å². The molecule has 0 atom stereocenters. The normalized spacial score (nSPS) is 12.5. The highest BCUT2D eigenvalue weighted by Gasteiger charge is 2.21. The smallest absolute Gasteiger partial charge is 0.255 e. The van der Waals surface area contributed by atoms with Gasteiger partial charge in [0.25, 0.3) is 17.7 Å². The van der Waals surface area contributed by atoms with Gasteiger partial charge in [-0.25, -0.2) is 4.39 Å². The average Bonchev–Trinajstić information content (AvgIpc) is 3.25. The van der Waals surface area contributed by atoms with E-state index in [1.165, 1.54) is 24.6 Å². The van der Waals surface area contributed by atoms with Gasteiger partial charge in [-0.15, -0.1) is 0 Å². The Balaban J connectivity index is 0.000000457. The molecule has 1 saturated carbocycles. The number of aliphatic hydroxyl groups is 1. The fourth-order valence-corrected chi connectivity index (χ4v) is 6.32. The van der Waals surface area contributed by atoms with Crippen molar-refractivity contribution in [2.75, 3.05) is 42.4 Å². The average molecular weight is 836 g/mol. The molecule has 5 N–H and O–H groups in total. The summed E-state index contributed by atoms with van der Waals surface area (Å²) in [5.74, 6) is -0.954. The molecule has 1 aliphatic carbocycles. The van der Waals surface area contributed by atoms with Crippen LogP contribution in [-0.2, 0) is 4.79 Å². The van der Waals surface area contributed by atoms with E-state index in [2.05, 4.69) is 26.3 Å². The second-order valence-electron chi connectivity index (χ2n) is 15.4. The van der Waals surface area contributed by atoms with E-state index >= 15 is 0 Å². The molecule has 4 aromatic carbocycles. The van der Waals surface area contributed by atoms with Gasteiger partial charge in [-0.05, 0) is 91.4 Å². The van der Waals surface area contributed by atoms with Gasteiger partial charge in [0.15, 0.2) is 11.6 Å². The van der Waals surface area contributed by atoms with E-state index in [0.29, 0.717) is 48.0 Å². The SMILES string of the molecule is CC(C)COc1cc(C(=O)Nc2ccc(C(=O)NC3CCCCC3)cc2OCC(C)C)ccc1NC(=O)c1ccc(F)c(OCCO)c1.O=CNc1cnc2ccccc2c1. The maximum absolute atomic E-state index is 14.1. The van der Waals surface area contributed by atoms with Crippen LogP contribution in [0, 0.1) is 17.7 Å². The number of aromatic nitrogens is 1. The molecule has 0 aliphatic heterocycles. The summed E-state index contributed by atoms with van der Waals surface area (Å²) in [7, 11) is 0. The van der Waals surface area contributed by atoms with Crippen molar-refractivity contribution in [1.82, 2.24) is 10.3 Å². The zero-order valence-corrected chi connectivity index (χ0v) is 35.0. The number of aliphatic hydroxyl groups excluding tert-OH is 1. The lowest BCUT2D eigenvalue weighted by Gasteiger charge is -2.23. The Morgan fingerprint density at radius 3 is 1.87 bits per heavy atom. The Bertz CT molecular complexity index is 2280. The van der Waals surface area contributed by atoms with Crippen LogP contribution in [0.15, 0.2) is 91.1 Å². The van der Waals surface area contributed by atoms with Gasteiger partial charge in [-0.3, -0.25) is 24.2 Å². The van der Waals surface area contributed by atoms with E-state index in [-0.39, 0.29) is 59.6 Å². The largest absolute Gasteiger partial charge is 0.491 e. The lowest BCUT2D eigenvalue weighted by molar-refractivity contribution is -0.105. The second-order valence-corrected chi connectivity index (χ2v) is 15.4. The Kier molecular flexibility index (Phi) is 17.0. The van der Waals surface area contributed by atoms with Crippen LogP contribution in [-0.4, -0.2) is 66.7 Å². The minimum atomic E-state index is -0.661. The van der Waals surface area contributed by atoms with E-state index in [1.54, 1.807) is 36.5 Å². The zero-order valence-electron chi connectivity index (χ0n) is 35.0. The summed E-state index contributed by atoms with van der Waals surface area (Å²) in [6.45, 7) is 8.25. The highest BCUT2D eigenvalue weighted by molar-refractivity contribution is 6.08. The maximum Gasteiger partial charge on any atom is 0.255 e. The number of carbonyl (C=O) groups is 4. The van der Waals surface area contributed by atoms with E-state index in [9.17, 15) is 23.6 Å². The third kappa shape index (κ3) is 13.8. The van der Waals surface area contributed by atoms with Crippen LogP contribution in [0.5, 0.6) is 17.2 Å². The number of nitrogens with zero attached hydrogens (tertiary/aromatic N) is 1. The number of amides is 4. The minimum Gasteiger partial charge on any atom is -0.491 e. The summed E-state index contributed by atoms with van der Waals surface area (Å²) in [6, 6.07) is 23.1. The minimum absolute atomic E-state index is 0.121. The summed E-state index contributed by atoms with van der Waals surface area (Å²) in [5.41, 5.74) is 3.22. The molecule has 0 spiro atoms. The number of pyridine rings is 1. The molecule has 0 radical (unpaired) electrons. The molecule has 0 unspecified atom stereocenters. The van der Waals surface area contributed by atoms with Crippen molar-refractivity contribution in [2.45, 2.75) is 65.8 Å². The van der Waals surface area contributed by atoms with Crippen LogP contribution in [0.1, 0.15) is 90.9 Å². The van der Waals surface area contributed by atoms with Crippen LogP contribution in [0.2, 0.25) is 0 Å². The fourth-order valence-electron chi connectivity index (χ4n) is 6.32. The molecule has 6 rings (SSSR count).